The number of para-hydroxylation sites is 1. The quantitative estimate of drug-likeness (QED) is 0.0874. The van der Waals surface area contributed by atoms with Gasteiger partial charge in [-0.25, -0.2) is 4.90 Å². The average Bonchev–Trinajstić information content (AvgIpc) is 3.72. The third kappa shape index (κ3) is 4.76. The van der Waals surface area contributed by atoms with E-state index >= 15 is 0 Å². The van der Waals surface area contributed by atoms with Gasteiger partial charge in [0.2, 0.25) is 11.8 Å². The largest absolute Gasteiger partial charge is 0.480 e. The molecule has 7 rings (SSSR count). The molecule has 0 aliphatic carbocycles. The van der Waals surface area contributed by atoms with E-state index in [4.69, 9.17) is 0 Å². The van der Waals surface area contributed by atoms with E-state index in [0.29, 0.717) is 11.1 Å². The number of aromatic amines is 1. The molecule has 2 amide bonds. The van der Waals surface area contributed by atoms with Crippen molar-refractivity contribution in [3.8, 4) is 0 Å². The Morgan fingerprint density at radius 3 is 2.30 bits per heavy atom. The Morgan fingerprint density at radius 1 is 0.891 bits per heavy atom. The summed E-state index contributed by atoms with van der Waals surface area (Å²) in [6.45, 7) is 0. The molecule has 46 heavy (non-hydrogen) atoms. The second kappa shape index (κ2) is 11.2. The monoisotopic (exact) mass is 612 g/mol. The summed E-state index contributed by atoms with van der Waals surface area (Å²) in [6, 6.07) is 29.2. The lowest BCUT2D eigenvalue weighted by molar-refractivity contribution is -0.384. The zero-order chi connectivity index (χ0) is 32.0. The molecule has 2 fully saturated rings. The van der Waals surface area contributed by atoms with Gasteiger partial charge in [0.05, 0.1) is 22.4 Å². The number of nitro benzene ring substituents is 1. The van der Waals surface area contributed by atoms with Gasteiger partial charge in [-0.15, -0.1) is 0 Å². The van der Waals surface area contributed by atoms with Crippen molar-refractivity contribution in [1.82, 2.24) is 10.3 Å². The summed E-state index contributed by atoms with van der Waals surface area (Å²) < 4.78 is 0. The van der Waals surface area contributed by atoms with Gasteiger partial charge in [0, 0.05) is 41.7 Å². The molecule has 2 aliphatic heterocycles. The van der Waals surface area contributed by atoms with Gasteiger partial charge < -0.3 is 10.1 Å². The van der Waals surface area contributed by atoms with Crippen LogP contribution in [0.25, 0.3) is 23.1 Å². The van der Waals surface area contributed by atoms with Crippen LogP contribution in [-0.4, -0.2) is 38.3 Å². The van der Waals surface area contributed by atoms with Crippen LogP contribution in [0.3, 0.4) is 0 Å². The molecule has 4 unspecified atom stereocenters. The minimum Gasteiger partial charge on any atom is -0.480 e. The van der Waals surface area contributed by atoms with Crippen LogP contribution in [0, 0.1) is 22.0 Å². The Bertz CT molecular complexity index is 2040. The number of nitro groups is 1. The van der Waals surface area contributed by atoms with Crippen molar-refractivity contribution in [1.29, 1.82) is 0 Å². The maximum Gasteiger partial charge on any atom is 0.325 e. The maximum atomic E-state index is 14.3. The first-order valence-corrected chi connectivity index (χ1v) is 14.8. The minimum atomic E-state index is -1.85. The summed E-state index contributed by atoms with van der Waals surface area (Å²) in [6.07, 6.45) is 5.58. The second-order valence-corrected chi connectivity index (χ2v) is 11.6. The number of carboxylic acid groups (broad SMARTS) is 1. The summed E-state index contributed by atoms with van der Waals surface area (Å²) >= 11 is 0. The fraction of sp³-hybridized carbons (Fsp3) is 0.139. The molecule has 10 heteroatoms. The number of fused-ring (bicyclic) bond motifs is 2. The van der Waals surface area contributed by atoms with E-state index in [1.54, 1.807) is 6.20 Å². The van der Waals surface area contributed by atoms with Crippen molar-refractivity contribution in [2.75, 3.05) is 4.90 Å². The number of hydrogen-bond donors (Lipinski definition) is 3. The van der Waals surface area contributed by atoms with Crippen LogP contribution in [0.15, 0.2) is 109 Å². The minimum absolute atomic E-state index is 0.0325. The van der Waals surface area contributed by atoms with Crippen molar-refractivity contribution < 1.29 is 24.4 Å². The van der Waals surface area contributed by atoms with E-state index in [9.17, 15) is 29.6 Å². The maximum absolute atomic E-state index is 14.3. The molecular formula is C36H28N4O6. The van der Waals surface area contributed by atoms with Gasteiger partial charge in [-0.3, -0.25) is 29.8 Å². The van der Waals surface area contributed by atoms with E-state index in [1.807, 2.05) is 91.0 Å². The lowest BCUT2D eigenvalue weighted by Gasteiger charge is -2.31. The van der Waals surface area contributed by atoms with Gasteiger partial charge in [0.1, 0.15) is 5.54 Å². The number of amides is 2. The summed E-state index contributed by atoms with van der Waals surface area (Å²) in [5.41, 5.74) is 1.97. The fourth-order valence-corrected chi connectivity index (χ4v) is 6.87. The van der Waals surface area contributed by atoms with Gasteiger partial charge in [-0.1, -0.05) is 91.0 Å². The number of H-pyrrole nitrogens is 1. The topological polar surface area (TPSA) is 146 Å². The fourth-order valence-electron chi connectivity index (χ4n) is 6.87. The van der Waals surface area contributed by atoms with Crippen molar-refractivity contribution in [2.24, 2.45) is 11.8 Å². The van der Waals surface area contributed by atoms with Crippen molar-refractivity contribution in [2.45, 2.75) is 18.0 Å². The molecule has 1 aromatic heterocycles. The van der Waals surface area contributed by atoms with Gasteiger partial charge in [-0.05, 0) is 34.4 Å². The summed E-state index contributed by atoms with van der Waals surface area (Å²) in [5.74, 6) is -4.94. The molecule has 0 bridgehead atoms. The first-order valence-electron chi connectivity index (χ1n) is 14.8. The molecule has 2 saturated heterocycles. The number of imide groups is 1. The van der Waals surface area contributed by atoms with Crippen molar-refractivity contribution in [3.05, 3.63) is 142 Å². The van der Waals surface area contributed by atoms with E-state index in [2.05, 4.69) is 10.3 Å². The van der Waals surface area contributed by atoms with Crippen molar-refractivity contribution in [3.63, 3.8) is 0 Å². The van der Waals surface area contributed by atoms with Gasteiger partial charge >= 0.3 is 5.97 Å². The highest BCUT2D eigenvalue weighted by molar-refractivity contribution is 6.24. The molecule has 228 valence electrons. The van der Waals surface area contributed by atoms with Gasteiger partial charge in [0.25, 0.3) is 5.69 Å². The predicted molar refractivity (Wildman–Crippen MR) is 173 cm³/mol. The lowest BCUT2D eigenvalue weighted by Crippen LogP contribution is -2.57. The molecule has 3 heterocycles. The first-order chi connectivity index (χ1) is 22.3. The first kappa shape index (κ1) is 28.9. The van der Waals surface area contributed by atoms with E-state index in [1.165, 1.54) is 18.2 Å². The normalized spacial score (nSPS) is 22.5. The number of anilines is 1. The molecule has 10 nitrogen and oxygen atoms in total. The van der Waals surface area contributed by atoms with Crippen LogP contribution >= 0.6 is 0 Å². The highest BCUT2D eigenvalue weighted by Gasteiger charge is 2.68. The molecule has 0 saturated carbocycles. The Kier molecular flexibility index (Phi) is 7.06. The third-order valence-electron chi connectivity index (χ3n) is 9.04. The number of carboxylic acids is 1. The van der Waals surface area contributed by atoms with Crippen LogP contribution in [0.5, 0.6) is 0 Å². The summed E-state index contributed by atoms with van der Waals surface area (Å²) in [5, 5.41) is 26.5. The number of hydrogen-bond acceptors (Lipinski definition) is 6. The lowest BCUT2D eigenvalue weighted by atomic mass is 9.76. The number of carbonyl (C=O) groups excluding carboxylic acids is 2. The van der Waals surface area contributed by atoms with Crippen molar-refractivity contribution >= 4 is 52.2 Å². The van der Waals surface area contributed by atoms with Crippen LogP contribution in [0.4, 0.5) is 11.4 Å². The average molecular weight is 613 g/mol. The second-order valence-electron chi connectivity index (χ2n) is 11.6. The van der Waals surface area contributed by atoms with Crippen LogP contribution in [-0.2, 0) is 20.8 Å². The van der Waals surface area contributed by atoms with Crippen LogP contribution in [0.2, 0.25) is 0 Å². The number of non-ortho nitro benzene ring substituents is 1. The third-order valence-corrected chi connectivity index (χ3v) is 9.04. The van der Waals surface area contributed by atoms with Gasteiger partial charge in [-0.2, -0.15) is 0 Å². The smallest absolute Gasteiger partial charge is 0.325 e. The summed E-state index contributed by atoms with van der Waals surface area (Å²) in [7, 11) is 0. The molecule has 5 aromatic rings. The standard InChI is InChI=1S/C36H28N4O6/c41-33-30-31(34(42)39(33)26-9-6-10-27(19-26)40(45)46)36(35(43)44,20-25-21-37-29-12-5-4-11-28(25)29)38-32(30)24-17-15-23(16-18-24)14-13-22-7-2-1-3-8-22/h1-19,21,30-32,37-38H,20H2,(H,43,44). The SMILES string of the molecule is O=C1C2C(c3ccc(C=Cc4ccccc4)cc3)NC(Cc3c[nH]c4ccccc34)(C(=O)O)C2C(=O)N1c1cccc([N+](=O)[O-])c1. The number of rotatable bonds is 8. The molecular weight excluding hydrogens is 584 g/mol. The Hall–Kier alpha value is -5.87. The predicted octanol–water partition coefficient (Wildman–Crippen LogP) is 5.76. The Labute approximate surface area is 263 Å². The highest BCUT2D eigenvalue weighted by Crippen LogP contribution is 2.51. The number of benzene rings is 4. The number of nitrogens with one attached hydrogen (secondary N) is 2. The zero-order valence-corrected chi connectivity index (χ0v) is 24.4. The zero-order valence-electron chi connectivity index (χ0n) is 24.4. The molecule has 2 aliphatic rings. The molecule has 0 spiro atoms. The van der Waals surface area contributed by atoms with Crippen LogP contribution < -0.4 is 10.2 Å². The van der Waals surface area contributed by atoms with Crippen LogP contribution in [0.1, 0.15) is 28.3 Å². The Balaban J connectivity index is 1.31. The number of aliphatic carboxylic acids is 1. The van der Waals surface area contributed by atoms with E-state index in [0.717, 1.165) is 33.0 Å². The molecule has 4 aromatic carbocycles. The number of aromatic nitrogens is 1. The molecule has 4 atom stereocenters. The molecule has 0 radical (unpaired) electrons. The van der Waals surface area contributed by atoms with E-state index in [-0.39, 0.29) is 17.8 Å². The number of carbonyl (C=O) groups is 3. The number of nitrogens with zero attached hydrogens (tertiary/aromatic N) is 2. The molecule has 3 N–H and O–H groups in total. The highest BCUT2D eigenvalue weighted by atomic mass is 16.6. The van der Waals surface area contributed by atoms with Gasteiger partial charge in [0.15, 0.2) is 0 Å². The van der Waals surface area contributed by atoms with E-state index < -0.39 is 46.1 Å². The Morgan fingerprint density at radius 2 is 1.59 bits per heavy atom. The summed E-state index contributed by atoms with van der Waals surface area (Å²) in [4.78, 5) is 56.8.